The zero-order valence-corrected chi connectivity index (χ0v) is 11.7. The Balaban J connectivity index is 2.29. The summed E-state index contributed by atoms with van der Waals surface area (Å²) in [6.07, 6.45) is 3.61. The predicted molar refractivity (Wildman–Crippen MR) is 74.2 cm³/mol. The van der Waals surface area contributed by atoms with E-state index in [1.54, 1.807) is 19.5 Å². The predicted octanol–water partition coefficient (Wildman–Crippen LogP) is 4.20. The van der Waals surface area contributed by atoms with Crippen molar-refractivity contribution in [2.24, 2.45) is 5.92 Å². The number of aliphatic carboxylic acids is 1. The lowest BCUT2D eigenvalue weighted by molar-refractivity contribution is -0.141. The van der Waals surface area contributed by atoms with E-state index < -0.39 is 11.9 Å². The molecule has 0 spiro atoms. The van der Waals surface area contributed by atoms with Gasteiger partial charge in [0.05, 0.1) is 22.9 Å². The van der Waals surface area contributed by atoms with Crippen LogP contribution in [-0.2, 0) is 11.2 Å². The quantitative estimate of drug-likeness (QED) is 0.784. The molecule has 0 fully saturated rings. The summed E-state index contributed by atoms with van der Waals surface area (Å²) in [5.74, 6) is -1.30. The maximum Gasteiger partial charge on any atom is 0.306 e. The molecule has 5 heteroatoms. The number of carbonyl (C=O) groups is 1. The Hall–Kier alpha value is -1.75. The van der Waals surface area contributed by atoms with Gasteiger partial charge in [-0.05, 0) is 34.5 Å². The number of hydrogen-bond donors (Lipinski definition) is 1. The van der Waals surface area contributed by atoms with E-state index in [4.69, 9.17) is 13.9 Å². The highest BCUT2D eigenvalue weighted by atomic mass is 79.9. The van der Waals surface area contributed by atoms with Crippen LogP contribution in [0.15, 0.2) is 38.0 Å². The van der Waals surface area contributed by atoms with E-state index in [0.29, 0.717) is 12.0 Å². The van der Waals surface area contributed by atoms with Gasteiger partial charge in [0, 0.05) is 16.3 Å². The minimum Gasteiger partial charge on any atom is -0.481 e. The van der Waals surface area contributed by atoms with Crippen LogP contribution in [0.3, 0.4) is 0 Å². The number of carboxylic acids is 1. The minimum atomic E-state index is -0.820. The smallest absolute Gasteiger partial charge is 0.306 e. The fourth-order valence-corrected chi connectivity index (χ4v) is 2.89. The van der Waals surface area contributed by atoms with Gasteiger partial charge in [-0.2, -0.15) is 0 Å². The van der Waals surface area contributed by atoms with Crippen LogP contribution in [0.2, 0.25) is 0 Å². The fraction of sp³-hybridized carbons (Fsp3) is 0.214. The Morgan fingerprint density at radius 2 is 1.89 bits per heavy atom. The molecule has 2 aromatic heterocycles. The number of hydrogen-bond acceptors (Lipinski definition) is 3. The summed E-state index contributed by atoms with van der Waals surface area (Å²) in [5, 5.41) is 10.9. The Morgan fingerprint density at radius 1 is 1.26 bits per heavy atom. The summed E-state index contributed by atoms with van der Waals surface area (Å²) in [5.41, 5.74) is 2.32. The number of rotatable bonds is 3. The van der Waals surface area contributed by atoms with Crippen molar-refractivity contribution in [1.29, 1.82) is 0 Å². The van der Waals surface area contributed by atoms with Gasteiger partial charge in [-0.1, -0.05) is 6.92 Å². The largest absolute Gasteiger partial charge is 0.481 e. The number of furan rings is 2. The first kappa shape index (κ1) is 12.3. The zero-order valence-electron chi connectivity index (χ0n) is 10.1. The molecule has 0 bridgehead atoms. The normalized spacial score (nSPS) is 13.2. The average Bonchev–Trinajstić information content (AvgIpc) is 3.02. The monoisotopic (exact) mass is 322 g/mol. The molecule has 0 radical (unpaired) electrons. The first-order chi connectivity index (χ1) is 9.09. The van der Waals surface area contributed by atoms with E-state index in [1.165, 1.54) is 0 Å². The molecule has 19 heavy (non-hydrogen) atoms. The van der Waals surface area contributed by atoms with Crippen LogP contribution in [-0.4, -0.2) is 11.1 Å². The summed E-state index contributed by atoms with van der Waals surface area (Å²) in [6.45, 7) is 1.69. The molecule has 0 aliphatic carbocycles. The third-order valence-electron chi connectivity index (χ3n) is 3.30. The standard InChI is InChI=1S/C14H11BrO4/c1-7(14(16)17)6-10-8-2-4-19-13(8)11(15)9-3-5-18-12(9)10/h2-5,7H,6H2,1H3,(H,16,17). The first-order valence-electron chi connectivity index (χ1n) is 5.87. The van der Waals surface area contributed by atoms with E-state index in [0.717, 1.165) is 26.4 Å². The molecule has 0 saturated heterocycles. The fourth-order valence-electron chi connectivity index (χ4n) is 2.27. The van der Waals surface area contributed by atoms with Gasteiger partial charge < -0.3 is 13.9 Å². The van der Waals surface area contributed by atoms with Gasteiger partial charge in [0.15, 0.2) is 0 Å². The highest BCUT2D eigenvalue weighted by Gasteiger charge is 2.21. The van der Waals surface area contributed by atoms with Crippen LogP contribution < -0.4 is 0 Å². The van der Waals surface area contributed by atoms with E-state index in [2.05, 4.69) is 15.9 Å². The molecule has 98 valence electrons. The Morgan fingerprint density at radius 3 is 2.58 bits per heavy atom. The number of benzene rings is 1. The van der Waals surface area contributed by atoms with E-state index in [1.807, 2.05) is 12.1 Å². The minimum absolute atomic E-state index is 0.405. The summed E-state index contributed by atoms with van der Waals surface area (Å²) < 4.78 is 11.8. The van der Waals surface area contributed by atoms with Crippen LogP contribution >= 0.6 is 15.9 Å². The van der Waals surface area contributed by atoms with Gasteiger partial charge in [-0.15, -0.1) is 0 Å². The molecule has 0 amide bonds. The molecule has 1 N–H and O–H groups in total. The van der Waals surface area contributed by atoms with Gasteiger partial charge in [0.1, 0.15) is 11.2 Å². The molecule has 0 saturated carbocycles. The molecule has 1 aromatic carbocycles. The SMILES string of the molecule is CC(Cc1c2ccoc2c(Br)c2ccoc12)C(=O)O. The van der Waals surface area contributed by atoms with Crippen molar-refractivity contribution in [2.75, 3.05) is 0 Å². The maximum atomic E-state index is 11.1. The third kappa shape index (κ3) is 1.85. The third-order valence-corrected chi connectivity index (χ3v) is 4.08. The summed E-state index contributed by atoms with van der Waals surface area (Å²) in [7, 11) is 0. The summed E-state index contributed by atoms with van der Waals surface area (Å²) >= 11 is 3.50. The molecule has 0 aliphatic heterocycles. The molecular formula is C14H11BrO4. The number of carboxylic acid groups (broad SMARTS) is 1. The lowest BCUT2D eigenvalue weighted by atomic mass is 9.97. The number of fused-ring (bicyclic) bond motifs is 2. The zero-order chi connectivity index (χ0) is 13.6. The van der Waals surface area contributed by atoms with Gasteiger partial charge in [-0.3, -0.25) is 4.79 Å². The van der Waals surface area contributed by atoms with Crippen LogP contribution in [0, 0.1) is 5.92 Å². The van der Waals surface area contributed by atoms with Crippen LogP contribution in [0.25, 0.3) is 21.9 Å². The van der Waals surface area contributed by atoms with Crippen molar-refractivity contribution in [3.63, 3.8) is 0 Å². The van der Waals surface area contributed by atoms with Crippen molar-refractivity contribution >= 4 is 43.8 Å². The lowest BCUT2D eigenvalue weighted by Gasteiger charge is -2.09. The van der Waals surface area contributed by atoms with Gasteiger partial charge in [0.2, 0.25) is 0 Å². The van der Waals surface area contributed by atoms with Gasteiger partial charge >= 0.3 is 5.97 Å². The average molecular weight is 323 g/mol. The van der Waals surface area contributed by atoms with Crippen molar-refractivity contribution in [3.05, 3.63) is 34.7 Å². The first-order valence-corrected chi connectivity index (χ1v) is 6.66. The highest BCUT2D eigenvalue weighted by Crippen LogP contribution is 2.38. The molecular weight excluding hydrogens is 312 g/mol. The molecule has 3 rings (SSSR count). The van der Waals surface area contributed by atoms with Gasteiger partial charge in [0.25, 0.3) is 0 Å². The van der Waals surface area contributed by atoms with Crippen LogP contribution in [0.5, 0.6) is 0 Å². The van der Waals surface area contributed by atoms with Crippen LogP contribution in [0.1, 0.15) is 12.5 Å². The van der Waals surface area contributed by atoms with Gasteiger partial charge in [-0.25, -0.2) is 0 Å². The molecule has 1 atom stereocenters. The van der Waals surface area contributed by atoms with Crippen LogP contribution in [0.4, 0.5) is 0 Å². The van der Waals surface area contributed by atoms with E-state index in [9.17, 15) is 4.79 Å². The molecule has 0 aliphatic rings. The maximum absolute atomic E-state index is 11.1. The highest BCUT2D eigenvalue weighted by molar-refractivity contribution is 9.10. The second kappa shape index (κ2) is 4.42. The second-order valence-corrected chi connectivity index (χ2v) is 5.36. The lowest BCUT2D eigenvalue weighted by Crippen LogP contribution is -2.12. The Bertz CT molecular complexity index is 717. The van der Waals surface area contributed by atoms with Crippen molar-refractivity contribution in [2.45, 2.75) is 13.3 Å². The number of halogens is 1. The molecule has 2 heterocycles. The topological polar surface area (TPSA) is 63.6 Å². The van der Waals surface area contributed by atoms with Crippen molar-refractivity contribution in [1.82, 2.24) is 0 Å². The molecule has 1 unspecified atom stereocenters. The van der Waals surface area contributed by atoms with E-state index >= 15 is 0 Å². The molecule has 3 aromatic rings. The summed E-state index contributed by atoms with van der Waals surface area (Å²) in [4.78, 5) is 11.1. The van der Waals surface area contributed by atoms with Crippen molar-refractivity contribution < 1.29 is 18.7 Å². The summed E-state index contributed by atoms with van der Waals surface area (Å²) in [6, 6.07) is 3.68. The Labute approximate surface area is 117 Å². The van der Waals surface area contributed by atoms with E-state index in [-0.39, 0.29) is 0 Å². The second-order valence-electron chi connectivity index (χ2n) is 4.56. The van der Waals surface area contributed by atoms with Crippen molar-refractivity contribution in [3.8, 4) is 0 Å². The molecule has 4 nitrogen and oxygen atoms in total. The Kier molecular flexibility index (Phi) is 2.86.